The molecule has 0 radical (unpaired) electrons. The number of hydrogen-bond donors (Lipinski definition) is 3. The lowest BCUT2D eigenvalue weighted by Crippen LogP contribution is -2.30. The van der Waals surface area contributed by atoms with Gasteiger partial charge in [0.1, 0.15) is 19.3 Å². The van der Waals surface area contributed by atoms with Crippen molar-refractivity contribution >= 4 is 39.5 Å². The molecule has 5 atom stereocenters. The van der Waals surface area contributed by atoms with E-state index < -0.39 is 97.5 Å². The summed E-state index contributed by atoms with van der Waals surface area (Å²) in [6.07, 6.45) is 47.6. The third kappa shape index (κ3) is 64.6. The van der Waals surface area contributed by atoms with Crippen molar-refractivity contribution < 1.29 is 80.2 Å². The van der Waals surface area contributed by atoms with Gasteiger partial charge in [0.2, 0.25) is 0 Å². The van der Waals surface area contributed by atoms with Gasteiger partial charge >= 0.3 is 39.5 Å². The van der Waals surface area contributed by atoms with Gasteiger partial charge in [0.25, 0.3) is 0 Å². The highest BCUT2D eigenvalue weighted by molar-refractivity contribution is 7.47. The summed E-state index contributed by atoms with van der Waals surface area (Å²) in [4.78, 5) is 72.3. The lowest BCUT2D eigenvalue weighted by molar-refractivity contribution is -0.161. The standard InChI is InChI=1S/C70H136O17P2/c1-7-9-11-13-14-15-16-17-18-19-23-26-29-35-41-47-53-68(73)81-59-66(87-69(74)54-48-42-36-30-27-24-21-20-22-25-28-33-39-44-50-62(3)4)61-85-89(78,79)83-57-64(71)56-82-88(76,77)84-60-65(58-80-67(72)52-46-38-12-10-8-2)86-70(75)55-49-43-37-32-31-34-40-45-51-63(5)6/h62-66,71H,7-61H2,1-6H3,(H,76,77)(H,78,79)/t64-,65+,66+/m0/s1. The lowest BCUT2D eigenvalue weighted by atomic mass is 10.0. The van der Waals surface area contributed by atoms with Crippen LogP contribution in [-0.2, 0) is 65.4 Å². The van der Waals surface area contributed by atoms with Gasteiger partial charge in [-0.1, -0.05) is 305 Å². The topological polar surface area (TPSA) is 237 Å². The quantitative estimate of drug-likeness (QED) is 0.0222. The van der Waals surface area contributed by atoms with Crippen LogP contribution in [0.5, 0.6) is 0 Å². The number of phosphoric acid groups is 2. The zero-order chi connectivity index (χ0) is 65.7. The molecule has 0 aliphatic carbocycles. The molecule has 0 aromatic rings. The van der Waals surface area contributed by atoms with Crippen LogP contribution in [0.1, 0.15) is 356 Å². The van der Waals surface area contributed by atoms with Crippen molar-refractivity contribution in [3.63, 3.8) is 0 Å². The first-order chi connectivity index (χ1) is 42.9. The van der Waals surface area contributed by atoms with Crippen molar-refractivity contribution in [1.82, 2.24) is 0 Å². The summed E-state index contributed by atoms with van der Waals surface area (Å²) in [6, 6.07) is 0. The second-order valence-corrected chi connectivity index (χ2v) is 29.1. The Kier molecular flexibility index (Phi) is 60.8. The monoisotopic (exact) mass is 1310 g/mol. The van der Waals surface area contributed by atoms with Crippen LogP contribution < -0.4 is 0 Å². The fraction of sp³-hybridized carbons (Fsp3) is 0.943. The Balaban J connectivity index is 5.16. The van der Waals surface area contributed by atoms with E-state index in [0.717, 1.165) is 108 Å². The molecule has 528 valence electrons. The molecular weight excluding hydrogens is 1170 g/mol. The molecule has 3 N–H and O–H groups in total. The molecular formula is C70H136O17P2. The Bertz CT molecular complexity index is 1730. The maximum atomic E-state index is 13.0. The summed E-state index contributed by atoms with van der Waals surface area (Å²) in [5, 5.41) is 10.6. The zero-order valence-electron chi connectivity index (χ0n) is 57.7. The Morgan fingerprint density at radius 2 is 0.517 bits per heavy atom. The molecule has 17 nitrogen and oxygen atoms in total. The molecule has 2 unspecified atom stereocenters. The van der Waals surface area contributed by atoms with Gasteiger partial charge in [-0.15, -0.1) is 0 Å². The van der Waals surface area contributed by atoms with E-state index in [9.17, 15) is 43.2 Å². The molecule has 0 amide bonds. The number of phosphoric ester groups is 2. The van der Waals surface area contributed by atoms with Gasteiger partial charge in [-0.05, 0) is 37.5 Å². The van der Waals surface area contributed by atoms with Crippen LogP contribution in [0.4, 0.5) is 0 Å². The lowest BCUT2D eigenvalue weighted by Gasteiger charge is -2.21. The minimum absolute atomic E-state index is 0.104. The summed E-state index contributed by atoms with van der Waals surface area (Å²) in [5.74, 6) is -0.622. The van der Waals surface area contributed by atoms with E-state index >= 15 is 0 Å². The molecule has 0 saturated carbocycles. The van der Waals surface area contributed by atoms with Gasteiger partial charge in [0, 0.05) is 25.7 Å². The van der Waals surface area contributed by atoms with Crippen molar-refractivity contribution in [2.24, 2.45) is 11.8 Å². The maximum absolute atomic E-state index is 13.0. The predicted molar refractivity (Wildman–Crippen MR) is 358 cm³/mol. The van der Waals surface area contributed by atoms with E-state index in [0.29, 0.717) is 25.7 Å². The highest BCUT2D eigenvalue weighted by Gasteiger charge is 2.30. The SMILES string of the molecule is CCCCCCCCCCCCCCCCCCC(=O)OC[C@H](COP(=O)(O)OC[C@@H](O)COP(=O)(O)OC[C@@H](COC(=O)CCCCCCC)OC(=O)CCCCCCCCCCC(C)C)OC(=O)CCCCCCCCCCCCCCCCC(C)C. The second kappa shape index (κ2) is 62.2. The van der Waals surface area contributed by atoms with Gasteiger partial charge in [-0.2, -0.15) is 0 Å². The Morgan fingerprint density at radius 3 is 0.764 bits per heavy atom. The first kappa shape index (κ1) is 87.1. The normalized spacial score (nSPS) is 14.1. The van der Waals surface area contributed by atoms with Crippen molar-refractivity contribution in [2.45, 2.75) is 374 Å². The van der Waals surface area contributed by atoms with Crippen LogP contribution in [0.2, 0.25) is 0 Å². The number of hydrogen-bond acceptors (Lipinski definition) is 15. The second-order valence-electron chi connectivity index (χ2n) is 26.2. The first-order valence-corrected chi connectivity index (χ1v) is 39.5. The van der Waals surface area contributed by atoms with Crippen LogP contribution >= 0.6 is 15.6 Å². The van der Waals surface area contributed by atoms with E-state index in [1.807, 2.05) is 0 Å². The van der Waals surface area contributed by atoms with Crippen LogP contribution in [0.25, 0.3) is 0 Å². The average Bonchev–Trinajstić information content (AvgIpc) is 3.71. The molecule has 0 saturated heterocycles. The van der Waals surface area contributed by atoms with Gasteiger partial charge in [0.05, 0.1) is 26.4 Å². The molecule has 0 spiro atoms. The highest BCUT2D eigenvalue weighted by atomic mass is 31.2. The smallest absolute Gasteiger partial charge is 0.462 e. The van der Waals surface area contributed by atoms with Gasteiger partial charge in [-0.25, -0.2) is 9.13 Å². The fourth-order valence-electron chi connectivity index (χ4n) is 10.6. The molecule has 0 aliphatic rings. The minimum Gasteiger partial charge on any atom is -0.462 e. The van der Waals surface area contributed by atoms with E-state index in [2.05, 4.69) is 41.5 Å². The number of unbranched alkanes of at least 4 members (excludes halogenated alkanes) is 39. The Morgan fingerprint density at radius 1 is 0.303 bits per heavy atom. The van der Waals surface area contributed by atoms with Crippen LogP contribution in [0.3, 0.4) is 0 Å². The van der Waals surface area contributed by atoms with Crippen molar-refractivity contribution in [3.8, 4) is 0 Å². The van der Waals surface area contributed by atoms with E-state index in [-0.39, 0.29) is 25.7 Å². The van der Waals surface area contributed by atoms with Crippen molar-refractivity contribution in [2.75, 3.05) is 39.6 Å². The largest absolute Gasteiger partial charge is 0.472 e. The molecule has 0 aromatic heterocycles. The molecule has 0 fully saturated rings. The number of rotatable bonds is 69. The number of aliphatic hydroxyl groups is 1. The molecule has 0 bridgehead atoms. The van der Waals surface area contributed by atoms with Gasteiger partial charge < -0.3 is 33.8 Å². The van der Waals surface area contributed by atoms with Gasteiger partial charge in [-0.3, -0.25) is 37.3 Å². The number of carbonyl (C=O) groups excluding carboxylic acids is 4. The third-order valence-corrected chi connectivity index (χ3v) is 18.1. The van der Waals surface area contributed by atoms with E-state index in [1.54, 1.807) is 0 Å². The van der Waals surface area contributed by atoms with E-state index in [4.69, 9.17) is 37.0 Å². The summed E-state index contributed by atoms with van der Waals surface area (Å²) in [7, 11) is -9.89. The van der Waals surface area contributed by atoms with Crippen LogP contribution in [-0.4, -0.2) is 96.7 Å². The molecule has 0 rings (SSSR count). The summed E-state index contributed by atoms with van der Waals surface area (Å²) in [5.41, 5.74) is 0. The number of esters is 4. The molecule has 0 aliphatic heterocycles. The van der Waals surface area contributed by atoms with Crippen molar-refractivity contribution in [1.29, 1.82) is 0 Å². The van der Waals surface area contributed by atoms with Crippen LogP contribution in [0, 0.1) is 11.8 Å². The first-order valence-electron chi connectivity index (χ1n) is 36.5. The number of ether oxygens (including phenoxy) is 4. The number of aliphatic hydroxyl groups excluding tert-OH is 1. The predicted octanol–water partition coefficient (Wildman–Crippen LogP) is 20.0. The summed E-state index contributed by atoms with van der Waals surface area (Å²) in [6.45, 7) is 9.44. The Labute approximate surface area is 543 Å². The molecule has 0 heterocycles. The van der Waals surface area contributed by atoms with Crippen molar-refractivity contribution in [3.05, 3.63) is 0 Å². The average molecular weight is 1310 g/mol. The van der Waals surface area contributed by atoms with Gasteiger partial charge in [0.15, 0.2) is 12.2 Å². The highest BCUT2D eigenvalue weighted by Crippen LogP contribution is 2.45. The molecule has 0 aromatic carbocycles. The number of carbonyl (C=O) groups is 4. The van der Waals surface area contributed by atoms with Crippen LogP contribution in [0.15, 0.2) is 0 Å². The summed E-state index contributed by atoms with van der Waals surface area (Å²) >= 11 is 0. The molecule has 19 heteroatoms. The zero-order valence-corrected chi connectivity index (χ0v) is 59.5. The fourth-order valence-corrected chi connectivity index (χ4v) is 12.2. The maximum Gasteiger partial charge on any atom is 0.472 e. The summed E-state index contributed by atoms with van der Waals surface area (Å²) < 4.78 is 68.1. The molecule has 89 heavy (non-hydrogen) atoms. The third-order valence-electron chi connectivity index (χ3n) is 16.2. The Hall–Kier alpha value is -1.94. The van der Waals surface area contributed by atoms with E-state index in [1.165, 1.54) is 167 Å². The minimum atomic E-state index is -4.95.